The number of thiazole rings is 1. The van der Waals surface area contributed by atoms with E-state index in [0.717, 1.165) is 58.7 Å². The van der Waals surface area contributed by atoms with Crippen molar-refractivity contribution in [1.29, 1.82) is 0 Å². The SMILES string of the molecule is COc1ccc(-c2ccc3c(c2)-c2sc(C(=O)Cc4c(F)cccc4F)nc2CCC3)cn1. The van der Waals surface area contributed by atoms with Gasteiger partial charge in [-0.05, 0) is 60.2 Å². The molecule has 0 saturated carbocycles. The summed E-state index contributed by atoms with van der Waals surface area (Å²) in [6.45, 7) is 0. The normalized spacial score (nSPS) is 12.6. The van der Waals surface area contributed by atoms with Crippen molar-refractivity contribution in [3.05, 3.63) is 88.2 Å². The van der Waals surface area contributed by atoms with Crippen LogP contribution in [-0.2, 0) is 19.3 Å². The van der Waals surface area contributed by atoms with Gasteiger partial charge in [-0.25, -0.2) is 18.7 Å². The Balaban J connectivity index is 1.51. The van der Waals surface area contributed by atoms with Crippen LogP contribution in [-0.4, -0.2) is 22.9 Å². The Morgan fingerprint density at radius 3 is 2.58 bits per heavy atom. The first-order chi connectivity index (χ1) is 16.0. The fourth-order valence-electron chi connectivity index (χ4n) is 4.09. The molecule has 0 unspecified atom stereocenters. The topological polar surface area (TPSA) is 52.1 Å². The summed E-state index contributed by atoms with van der Waals surface area (Å²) in [5, 5.41) is 0.284. The summed E-state index contributed by atoms with van der Waals surface area (Å²) in [6, 6.07) is 13.7. The fraction of sp³-hybridized carbons (Fsp3) is 0.192. The van der Waals surface area contributed by atoms with E-state index in [4.69, 9.17) is 4.74 Å². The van der Waals surface area contributed by atoms with E-state index in [9.17, 15) is 13.6 Å². The number of hydrogen-bond donors (Lipinski definition) is 0. The number of hydrogen-bond acceptors (Lipinski definition) is 5. The molecule has 1 aliphatic rings. The Bertz CT molecular complexity index is 1330. The van der Waals surface area contributed by atoms with E-state index in [-0.39, 0.29) is 22.8 Å². The van der Waals surface area contributed by atoms with Crippen molar-refractivity contribution in [3.63, 3.8) is 0 Å². The third-order valence-corrected chi connectivity index (χ3v) is 7.00. The molecule has 2 aromatic heterocycles. The third kappa shape index (κ3) is 4.16. The number of nitrogens with zero attached hydrogens (tertiary/aromatic N) is 2. The van der Waals surface area contributed by atoms with E-state index in [2.05, 4.69) is 28.2 Å². The average Bonchev–Trinajstić information content (AvgIpc) is 3.18. The summed E-state index contributed by atoms with van der Waals surface area (Å²) in [5.41, 5.74) is 4.85. The molecule has 4 aromatic rings. The monoisotopic (exact) mass is 462 g/mol. The van der Waals surface area contributed by atoms with Crippen LogP contribution in [0.2, 0.25) is 0 Å². The van der Waals surface area contributed by atoms with Gasteiger partial charge in [0.25, 0.3) is 0 Å². The Hall–Kier alpha value is -3.45. The first-order valence-electron chi connectivity index (χ1n) is 10.6. The van der Waals surface area contributed by atoms with Crippen molar-refractivity contribution in [3.8, 4) is 27.4 Å². The highest BCUT2D eigenvalue weighted by atomic mass is 32.1. The number of ether oxygens (including phenoxy) is 1. The first-order valence-corrected chi connectivity index (χ1v) is 11.4. The number of fused-ring (bicyclic) bond motifs is 3. The molecule has 0 aliphatic heterocycles. The van der Waals surface area contributed by atoms with Crippen molar-refractivity contribution in [2.24, 2.45) is 0 Å². The molecule has 166 valence electrons. The van der Waals surface area contributed by atoms with Crippen LogP contribution in [0.4, 0.5) is 8.78 Å². The average molecular weight is 463 g/mol. The number of Topliss-reactive ketones (excluding diaryl/α,β-unsaturated/α-hetero) is 1. The third-order valence-electron chi connectivity index (χ3n) is 5.83. The molecule has 1 aliphatic carbocycles. The van der Waals surface area contributed by atoms with Gasteiger partial charge in [-0.1, -0.05) is 18.2 Å². The lowest BCUT2D eigenvalue weighted by molar-refractivity contribution is 0.0990. The van der Waals surface area contributed by atoms with Crippen LogP contribution in [0.3, 0.4) is 0 Å². The molecule has 2 heterocycles. The molecule has 0 N–H and O–H groups in total. The maximum absolute atomic E-state index is 14.0. The minimum Gasteiger partial charge on any atom is -0.481 e. The molecule has 0 bridgehead atoms. The second kappa shape index (κ2) is 8.83. The zero-order valence-corrected chi connectivity index (χ0v) is 18.7. The number of rotatable bonds is 5. The highest BCUT2D eigenvalue weighted by Gasteiger charge is 2.24. The highest BCUT2D eigenvalue weighted by Crippen LogP contribution is 2.39. The predicted molar refractivity (Wildman–Crippen MR) is 124 cm³/mol. The molecule has 5 rings (SSSR count). The molecular weight excluding hydrogens is 442 g/mol. The van der Waals surface area contributed by atoms with Crippen molar-refractivity contribution in [1.82, 2.24) is 9.97 Å². The molecule has 33 heavy (non-hydrogen) atoms. The van der Waals surface area contributed by atoms with Crippen molar-refractivity contribution in [2.75, 3.05) is 7.11 Å². The summed E-state index contributed by atoms with van der Waals surface area (Å²) in [6.07, 6.45) is 4.01. The lowest BCUT2D eigenvalue weighted by atomic mass is 9.98. The van der Waals surface area contributed by atoms with E-state index < -0.39 is 11.6 Å². The van der Waals surface area contributed by atoms with Gasteiger partial charge in [-0.3, -0.25) is 4.79 Å². The second-order valence-electron chi connectivity index (χ2n) is 7.91. The van der Waals surface area contributed by atoms with Gasteiger partial charge >= 0.3 is 0 Å². The Morgan fingerprint density at radius 2 is 1.85 bits per heavy atom. The predicted octanol–water partition coefficient (Wildman–Crippen LogP) is 6.07. The molecule has 0 amide bonds. The maximum atomic E-state index is 14.0. The molecule has 0 fully saturated rings. The smallest absolute Gasteiger partial charge is 0.212 e. The quantitative estimate of drug-likeness (QED) is 0.338. The van der Waals surface area contributed by atoms with Crippen LogP contribution < -0.4 is 4.74 Å². The molecule has 0 radical (unpaired) electrons. The second-order valence-corrected chi connectivity index (χ2v) is 8.91. The number of aromatic nitrogens is 2. The van der Waals surface area contributed by atoms with E-state index in [1.165, 1.54) is 23.0 Å². The maximum Gasteiger partial charge on any atom is 0.212 e. The first kappa shape index (κ1) is 21.4. The van der Waals surface area contributed by atoms with Crippen LogP contribution in [0, 0.1) is 11.6 Å². The highest BCUT2D eigenvalue weighted by molar-refractivity contribution is 7.17. The van der Waals surface area contributed by atoms with Crippen molar-refractivity contribution < 1.29 is 18.3 Å². The standard InChI is InChI=1S/C26H20F2N2O2S/c1-32-24-11-10-17(14-29-24)16-9-8-15-4-2-7-22-25(18(15)12-16)33-26(30-22)23(31)13-19-20(27)5-3-6-21(19)28/h3,5-6,8-12,14H,2,4,7,13H2,1H3. The summed E-state index contributed by atoms with van der Waals surface area (Å²) in [5.74, 6) is -1.27. The van der Waals surface area contributed by atoms with Gasteiger partial charge in [-0.2, -0.15) is 0 Å². The lowest BCUT2D eigenvalue weighted by Gasteiger charge is -2.09. The van der Waals surface area contributed by atoms with Gasteiger partial charge in [-0.15, -0.1) is 11.3 Å². The number of methoxy groups -OCH3 is 1. The number of halogens is 2. The van der Waals surface area contributed by atoms with Crippen LogP contribution >= 0.6 is 11.3 Å². The number of pyridine rings is 1. The van der Waals surface area contributed by atoms with Crippen LogP contribution in [0.15, 0.2) is 54.7 Å². The van der Waals surface area contributed by atoms with Gasteiger partial charge in [0.2, 0.25) is 5.88 Å². The lowest BCUT2D eigenvalue weighted by Crippen LogP contribution is -2.07. The summed E-state index contributed by atoms with van der Waals surface area (Å²) < 4.78 is 33.2. The molecule has 0 atom stereocenters. The Kier molecular flexibility index (Phi) is 5.72. The van der Waals surface area contributed by atoms with Gasteiger partial charge in [0.15, 0.2) is 10.8 Å². The van der Waals surface area contributed by atoms with Crippen molar-refractivity contribution in [2.45, 2.75) is 25.7 Å². The largest absolute Gasteiger partial charge is 0.481 e. The van der Waals surface area contributed by atoms with Crippen LogP contribution in [0.25, 0.3) is 21.6 Å². The number of carbonyl (C=O) groups excluding carboxylic acids is 1. The summed E-state index contributed by atoms with van der Waals surface area (Å²) >= 11 is 1.30. The van der Waals surface area contributed by atoms with Gasteiger partial charge in [0.05, 0.1) is 17.7 Å². The number of ketones is 1. The van der Waals surface area contributed by atoms with E-state index in [1.807, 2.05) is 12.1 Å². The van der Waals surface area contributed by atoms with Gasteiger partial charge < -0.3 is 4.74 Å². The van der Waals surface area contributed by atoms with Crippen LogP contribution in [0.5, 0.6) is 5.88 Å². The molecule has 0 saturated heterocycles. The number of aryl methyl sites for hydroxylation is 2. The fourth-order valence-corrected chi connectivity index (χ4v) is 5.19. The number of benzene rings is 2. The zero-order valence-electron chi connectivity index (χ0n) is 17.9. The zero-order chi connectivity index (χ0) is 22.9. The van der Waals surface area contributed by atoms with E-state index in [1.54, 1.807) is 13.3 Å². The number of carbonyl (C=O) groups is 1. The van der Waals surface area contributed by atoms with E-state index >= 15 is 0 Å². The minimum atomic E-state index is -0.718. The Labute approximate surface area is 193 Å². The molecule has 4 nitrogen and oxygen atoms in total. The summed E-state index contributed by atoms with van der Waals surface area (Å²) in [7, 11) is 1.58. The van der Waals surface area contributed by atoms with Gasteiger partial charge in [0, 0.05) is 29.8 Å². The molecule has 2 aromatic carbocycles. The molecule has 0 spiro atoms. The summed E-state index contributed by atoms with van der Waals surface area (Å²) in [4.78, 5) is 22.7. The van der Waals surface area contributed by atoms with Gasteiger partial charge in [0.1, 0.15) is 11.6 Å². The van der Waals surface area contributed by atoms with Crippen molar-refractivity contribution >= 4 is 17.1 Å². The minimum absolute atomic E-state index is 0.220. The van der Waals surface area contributed by atoms with Crippen LogP contribution in [0.1, 0.15) is 33.0 Å². The van der Waals surface area contributed by atoms with E-state index in [0.29, 0.717) is 5.88 Å². The molecule has 7 heteroatoms. The molecular formula is C26H20F2N2O2S. The Morgan fingerprint density at radius 1 is 1.06 bits per heavy atom.